The molecule has 0 radical (unpaired) electrons. The summed E-state index contributed by atoms with van der Waals surface area (Å²) in [6.45, 7) is 1.23. The SMILES string of the molecule is CC(Oc1ccc(S(C)(=O)=O)cc1C(=O)N1CCC(COc2ccc(C(F)(F)F)cc2)C1)C(F)(F)F. The van der Waals surface area contributed by atoms with Gasteiger partial charge in [0.05, 0.1) is 22.6 Å². The molecule has 2 atom stereocenters. The zero-order chi connectivity index (χ0) is 26.9. The summed E-state index contributed by atoms with van der Waals surface area (Å²) in [4.78, 5) is 14.2. The molecular weight excluding hydrogens is 516 g/mol. The van der Waals surface area contributed by atoms with Gasteiger partial charge in [-0.2, -0.15) is 26.3 Å². The summed E-state index contributed by atoms with van der Waals surface area (Å²) in [6, 6.07) is 7.21. The summed E-state index contributed by atoms with van der Waals surface area (Å²) in [5, 5.41) is 0. The van der Waals surface area contributed by atoms with Crippen LogP contribution < -0.4 is 9.47 Å². The van der Waals surface area contributed by atoms with E-state index in [0.717, 1.165) is 43.5 Å². The van der Waals surface area contributed by atoms with Crippen LogP contribution in [0.2, 0.25) is 0 Å². The van der Waals surface area contributed by atoms with E-state index in [1.54, 1.807) is 0 Å². The van der Waals surface area contributed by atoms with Gasteiger partial charge in [-0.05, 0) is 55.8 Å². The smallest absolute Gasteiger partial charge is 0.425 e. The normalized spacial score (nSPS) is 17.7. The fourth-order valence-electron chi connectivity index (χ4n) is 3.54. The van der Waals surface area contributed by atoms with Crippen LogP contribution in [0.4, 0.5) is 26.3 Å². The molecular formula is C23H23F6NO5S. The van der Waals surface area contributed by atoms with Crippen LogP contribution in [-0.4, -0.2) is 57.5 Å². The van der Waals surface area contributed by atoms with Crippen molar-refractivity contribution in [1.29, 1.82) is 0 Å². The van der Waals surface area contributed by atoms with Crippen molar-refractivity contribution in [3.8, 4) is 11.5 Å². The average molecular weight is 539 g/mol. The molecule has 36 heavy (non-hydrogen) atoms. The van der Waals surface area contributed by atoms with Crippen LogP contribution in [0.1, 0.15) is 29.3 Å². The van der Waals surface area contributed by atoms with Crippen LogP contribution in [0.3, 0.4) is 0 Å². The van der Waals surface area contributed by atoms with E-state index in [9.17, 15) is 39.6 Å². The van der Waals surface area contributed by atoms with Crippen molar-refractivity contribution in [3.63, 3.8) is 0 Å². The standard InChI is InChI=1S/C23H23F6NO5S/c1-14(22(24,25)26)35-20-8-7-18(36(2,32)33)11-19(20)21(31)30-10-9-15(12-30)13-34-17-5-3-16(4-6-17)23(27,28)29/h3-8,11,14-15H,9-10,12-13H2,1-2H3. The Morgan fingerprint density at radius 2 is 1.72 bits per heavy atom. The minimum atomic E-state index is -4.70. The van der Waals surface area contributed by atoms with Crippen molar-refractivity contribution in [3.05, 3.63) is 53.6 Å². The quantitative estimate of drug-likeness (QED) is 0.465. The molecule has 2 unspecified atom stereocenters. The first-order valence-corrected chi connectivity index (χ1v) is 12.6. The van der Waals surface area contributed by atoms with E-state index in [2.05, 4.69) is 0 Å². The molecule has 1 fully saturated rings. The molecule has 3 rings (SSSR count). The summed E-state index contributed by atoms with van der Waals surface area (Å²) in [5.74, 6) is -1.10. The van der Waals surface area contributed by atoms with Crippen LogP contribution in [0, 0.1) is 5.92 Å². The molecule has 0 bridgehead atoms. The summed E-state index contributed by atoms with van der Waals surface area (Å²) in [6.07, 6.45) is -10.0. The van der Waals surface area contributed by atoms with Crippen LogP contribution in [0.5, 0.6) is 11.5 Å². The van der Waals surface area contributed by atoms with E-state index in [1.165, 1.54) is 17.0 Å². The molecule has 0 spiro atoms. The topological polar surface area (TPSA) is 72.9 Å². The number of benzene rings is 2. The number of amides is 1. The van der Waals surface area contributed by atoms with Crippen molar-refractivity contribution in [2.24, 2.45) is 5.92 Å². The van der Waals surface area contributed by atoms with Crippen molar-refractivity contribution in [2.75, 3.05) is 26.0 Å². The van der Waals surface area contributed by atoms with Crippen molar-refractivity contribution in [1.82, 2.24) is 4.90 Å². The molecule has 198 valence electrons. The lowest BCUT2D eigenvalue weighted by atomic mass is 10.1. The highest BCUT2D eigenvalue weighted by Gasteiger charge is 2.39. The Kier molecular flexibility index (Phi) is 7.82. The molecule has 1 aliphatic heterocycles. The lowest BCUT2D eigenvalue weighted by molar-refractivity contribution is -0.189. The number of carbonyl (C=O) groups is 1. The second-order valence-corrected chi connectivity index (χ2v) is 10.5. The predicted octanol–water partition coefficient (Wildman–Crippen LogP) is 4.98. The van der Waals surface area contributed by atoms with Gasteiger partial charge in [0, 0.05) is 25.3 Å². The van der Waals surface area contributed by atoms with Gasteiger partial charge in [-0.3, -0.25) is 4.79 Å². The number of nitrogens with zero attached hydrogens (tertiary/aromatic N) is 1. The highest BCUT2D eigenvalue weighted by Crippen LogP contribution is 2.32. The van der Waals surface area contributed by atoms with E-state index >= 15 is 0 Å². The van der Waals surface area contributed by atoms with Gasteiger partial charge in [0.2, 0.25) is 0 Å². The molecule has 1 saturated heterocycles. The van der Waals surface area contributed by atoms with E-state index < -0.39 is 45.5 Å². The lowest BCUT2D eigenvalue weighted by Gasteiger charge is -2.22. The lowest BCUT2D eigenvalue weighted by Crippen LogP contribution is -2.33. The Hall–Kier alpha value is -2.96. The minimum absolute atomic E-state index is 0.0903. The molecule has 0 aliphatic carbocycles. The molecule has 0 saturated carbocycles. The fraction of sp³-hybridized carbons (Fsp3) is 0.435. The number of hydrogen-bond acceptors (Lipinski definition) is 5. The molecule has 13 heteroatoms. The highest BCUT2D eigenvalue weighted by molar-refractivity contribution is 7.90. The summed E-state index contributed by atoms with van der Waals surface area (Å²) < 4.78 is 111. The minimum Gasteiger partial charge on any atom is -0.493 e. The molecule has 0 aromatic heterocycles. The first-order chi connectivity index (χ1) is 16.6. The Morgan fingerprint density at radius 3 is 2.28 bits per heavy atom. The Bertz CT molecular complexity index is 1190. The van der Waals surface area contributed by atoms with Crippen molar-refractivity contribution in [2.45, 2.75) is 36.7 Å². The summed E-state index contributed by atoms with van der Waals surface area (Å²) in [5.41, 5.74) is -1.14. The van der Waals surface area contributed by atoms with Crippen molar-refractivity contribution < 1.29 is 49.0 Å². The molecule has 0 N–H and O–H groups in total. The molecule has 2 aromatic carbocycles. The number of hydrogen-bond donors (Lipinski definition) is 0. The van der Waals surface area contributed by atoms with Gasteiger partial charge >= 0.3 is 12.4 Å². The van der Waals surface area contributed by atoms with Crippen LogP contribution in [0.25, 0.3) is 0 Å². The van der Waals surface area contributed by atoms with E-state index in [-0.39, 0.29) is 41.8 Å². The Balaban J connectivity index is 1.72. The first-order valence-electron chi connectivity index (χ1n) is 10.7. The number of sulfone groups is 1. The van der Waals surface area contributed by atoms with E-state index in [0.29, 0.717) is 6.42 Å². The van der Waals surface area contributed by atoms with Gasteiger partial charge in [-0.15, -0.1) is 0 Å². The number of halogens is 6. The number of rotatable bonds is 7. The van der Waals surface area contributed by atoms with E-state index in [1.807, 2.05) is 0 Å². The average Bonchev–Trinajstić information content (AvgIpc) is 3.25. The Morgan fingerprint density at radius 1 is 1.08 bits per heavy atom. The number of carbonyl (C=O) groups excluding carboxylic acids is 1. The molecule has 1 aliphatic rings. The van der Waals surface area contributed by atoms with Gasteiger partial charge in [0.15, 0.2) is 15.9 Å². The summed E-state index contributed by atoms with van der Waals surface area (Å²) in [7, 11) is -3.76. The van der Waals surface area contributed by atoms with Crippen LogP contribution in [-0.2, 0) is 16.0 Å². The first kappa shape index (κ1) is 27.6. The number of ether oxygens (including phenoxy) is 2. The number of alkyl halides is 6. The zero-order valence-corrected chi connectivity index (χ0v) is 20.0. The zero-order valence-electron chi connectivity index (χ0n) is 19.2. The molecule has 6 nitrogen and oxygen atoms in total. The molecule has 2 aromatic rings. The van der Waals surface area contributed by atoms with E-state index in [4.69, 9.17) is 9.47 Å². The molecule has 1 heterocycles. The highest BCUT2D eigenvalue weighted by atomic mass is 32.2. The van der Waals surface area contributed by atoms with Crippen LogP contribution >= 0.6 is 0 Å². The van der Waals surface area contributed by atoms with Gasteiger partial charge in [-0.1, -0.05) is 0 Å². The van der Waals surface area contributed by atoms with Crippen molar-refractivity contribution >= 4 is 15.7 Å². The summed E-state index contributed by atoms with van der Waals surface area (Å²) >= 11 is 0. The maximum absolute atomic E-state index is 13.2. The second kappa shape index (κ2) is 10.2. The third-order valence-corrected chi connectivity index (χ3v) is 6.72. The maximum Gasteiger partial charge on any atom is 0.425 e. The second-order valence-electron chi connectivity index (χ2n) is 8.47. The predicted molar refractivity (Wildman–Crippen MR) is 117 cm³/mol. The van der Waals surface area contributed by atoms with Gasteiger partial charge < -0.3 is 14.4 Å². The maximum atomic E-state index is 13.2. The van der Waals surface area contributed by atoms with Gasteiger partial charge in [0.25, 0.3) is 5.91 Å². The van der Waals surface area contributed by atoms with Gasteiger partial charge in [0.1, 0.15) is 11.5 Å². The molecule has 1 amide bonds. The number of likely N-dealkylation sites (tertiary alicyclic amines) is 1. The van der Waals surface area contributed by atoms with Crippen LogP contribution in [0.15, 0.2) is 47.4 Å². The Labute approximate surface area is 203 Å². The third-order valence-electron chi connectivity index (χ3n) is 5.61. The largest absolute Gasteiger partial charge is 0.493 e. The monoisotopic (exact) mass is 539 g/mol. The van der Waals surface area contributed by atoms with Gasteiger partial charge in [-0.25, -0.2) is 8.42 Å². The third kappa shape index (κ3) is 6.83. The fourth-order valence-corrected chi connectivity index (χ4v) is 4.19.